The number of rotatable bonds is 28. The Morgan fingerprint density at radius 2 is 0.641 bits per heavy atom. The largest absolute Gasteiger partial charge is 0.172 e. The Morgan fingerprint density at radius 3 is 1.03 bits per heavy atom. The SMILES string of the molecule is CCCCCCc1ccc(C2(c3ccc(CCCCCC)cc3)c3cc4c(cc3-c3sc(C)cc32)C(c2ccc(CCCCCC)cc2)(c2ccc(CCCCCC)cc2)c2cc(-c3ccc(-c5ccc(-c6ccc(-c7ccc(C)s7)s6)c6nsnc56)s3)sc2-4)cc1. The van der Waals surface area contributed by atoms with Gasteiger partial charge in [-0.3, -0.25) is 0 Å². The molecule has 0 aliphatic heterocycles. The van der Waals surface area contributed by atoms with Crippen LogP contribution in [0.4, 0.5) is 0 Å². The summed E-state index contributed by atoms with van der Waals surface area (Å²) in [6.45, 7) is 13.8. The van der Waals surface area contributed by atoms with E-state index in [1.54, 1.807) is 0 Å². The van der Waals surface area contributed by atoms with Crippen molar-refractivity contribution in [1.29, 1.82) is 0 Å². The summed E-state index contributed by atoms with van der Waals surface area (Å²) in [6.07, 6.45) is 24.7. The Bertz CT molecular complexity index is 4370. The van der Waals surface area contributed by atoms with Crippen LogP contribution < -0.4 is 0 Å². The molecule has 0 unspecified atom stereocenters. The highest BCUT2D eigenvalue weighted by Gasteiger charge is 2.53. The molecule has 0 N–H and O–H groups in total. The molecular weight excluding hydrogens is 1230 g/mol. The molecule has 0 bridgehead atoms. The van der Waals surface area contributed by atoms with E-state index in [0.717, 1.165) is 47.8 Å². The van der Waals surface area contributed by atoms with Crippen LogP contribution in [0.25, 0.3) is 72.3 Å². The minimum absolute atomic E-state index is 0.515. The molecule has 8 heteroatoms. The molecule has 0 spiro atoms. The van der Waals surface area contributed by atoms with Crippen molar-refractivity contribution >= 4 is 79.4 Å². The van der Waals surface area contributed by atoms with Gasteiger partial charge in [0.1, 0.15) is 11.0 Å². The average molecular weight is 1320 g/mol. The Balaban J connectivity index is 0.953. The second-order valence-electron chi connectivity index (χ2n) is 26.3. The second-order valence-corrected chi connectivity index (χ2v) is 32.6. The van der Waals surface area contributed by atoms with Crippen LogP contribution >= 0.6 is 68.4 Å². The molecule has 92 heavy (non-hydrogen) atoms. The quantitative estimate of drug-likeness (QED) is 0.0457. The number of benzene rings is 6. The van der Waals surface area contributed by atoms with E-state index < -0.39 is 10.8 Å². The molecule has 14 rings (SSSR count). The number of unbranched alkanes of at least 4 members (excludes halogenated alkanes) is 12. The minimum Gasteiger partial charge on any atom is -0.172 e. The predicted octanol–water partition coefficient (Wildman–Crippen LogP) is 26.5. The summed E-state index contributed by atoms with van der Waals surface area (Å²) in [6, 6.07) is 68.9. The van der Waals surface area contributed by atoms with Gasteiger partial charge in [0.05, 0.1) is 22.6 Å². The molecule has 6 aromatic carbocycles. The lowest BCUT2D eigenvalue weighted by atomic mass is 9.65. The Hall–Kier alpha value is -6.36. The first kappa shape index (κ1) is 63.1. The number of aryl methyl sites for hydroxylation is 6. The zero-order valence-corrected chi connectivity index (χ0v) is 59.6. The fraction of sp³-hybridized carbons (Fsp3) is 0.333. The van der Waals surface area contributed by atoms with Crippen LogP contribution in [0.3, 0.4) is 0 Å². The molecule has 2 aliphatic rings. The van der Waals surface area contributed by atoms with Gasteiger partial charge in [0.2, 0.25) is 0 Å². The van der Waals surface area contributed by atoms with Gasteiger partial charge in [0.15, 0.2) is 0 Å². The summed E-state index contributed by atoms with van der Waals surface area (Å²) in [5.41, 5.74) is 22.7. The molecule has 6 aromatic heterocycles. The summed E-state index contributed by atoms with van der Waals surface area (Å²) >= 11 is 10.9. The zero-order valence-electron chi connectivity index (χ0n) is 54.7. The first-order chi connectivity index (χ1) is 45.2. The van der Waals surface area contributed by atoms with Gasteiger partial charge >= 0.3 is 0 Å². The van der Waals surface area contributed by atoms with Gasteiger partial charge < -0.3 is 0 Å². The lowest BCUT2D eigenvalue weighted by molar-refractivity contribution is 0.666. The van der Waals surface area contributed by atoms with E-state index in [1.165, 1.54) is 241 Å². The number of hydrogen-bond donors (Lipinski definition) is 0. The van der Waals surface area contributed by atoms with E-state index in [1.807, 2.05) is 56.7 Å². The monoisotopic (exact) mass is 1310 g/mol. The summed E-state index contributed by atoms with van der Waals surface area (Å²) < 4.78 is 10.0. The summed E-state index contributed by atoms with van der Waals surface area (Å²) in [7, 11) is 0. The van der Waals surface area contributed by atoms with E-state index in [0.29, 0.717) is 0 Å². The summed E-state index contributed by atoms with van der Waals surface area (Å²) in [5.74, 6) is 0. The van der Waals surface area contributed by atoms with Crippen LogP contribution in [0.5, 0.6) is 0 Å². The van der Waals surface area contributed by atoms with E-state index in [2.05, 4.69) is 211 Å². The van der Waals surface area contributed by atoms with Gasteiger partial charge in [-0.25, -0.2) is 0 Å². The first-order valence-electron chi connectivity index (χ1n) is 34.6. The third-order valence-electron chi connectivity index (χ3n) is 20.1. The van der Waals surface area contributed by atoms with Gasteiger partial charge in [0, 0.05) is 59.9 Å². The molecule has 2 nitrogen and oxygen atoms in total. The van der Waals surface area contributed by atoms with Crippen molar-refractivity contribution in [2.75, 3.05) is 0 Å². The molecule has 0 atom stereocenters. The molecule has 468 valence electrons. The van der Waals surface area contributed by atoms with Gasteiger partial charge in [0.25, 0.3) is 0 Å². The van der Waals surface area contributed by atoms with Crippen molar-refractivity contribution in [3.8, 4) is 61.3 Å². The molecule has 0 radical (unpaired) electrons. The molecule has 12 aromatic rings. The predicted molar refractivity (Wildman–Crippen MR) is 404 cm³/mol. The van der Waals surface area contributed by atoms with Gasteiger partial charge in [-0.1, -0.05) is 214 Å². The lowest BCUT2D eigenvalue weighted by Gasteiger charge is -2.35. The third-order valence-corrected chi connectivity index (χ3v) is 26.5. The van der Waals surface area contributed by atoms with Crippen molar-refractivity contribution < 1.29 is 0 Å². The Labute approximate surface area is 571 Å². The van der Waals surface area contributed by atoms with E-state index in [-0.39, 0.29) is 0 Å². The minimum atomic E-state index is -0.579. The normalized spacial score (nSPS) is 13.5. The lowest BCUT2D eigenvalue weighted by Crippen LogP contribution is -2.30. The number of thiophene rings is 5. The number of nitrogens with zero attached hydrogens (tertiary/aromatic N) is 2. The van der Waals surface area contributed by atoms with Crippen molar-refractivity contribution in [2.24, 2.45) is 0 Å². The molecule has 0 fully saturated rings. The highest BCUT2D eigenvalue weighted by atomic mass is 32.1. The highest BCUT2D eigenvalue weighted by molar-refractivity contribution is 7.25. The van der Waals surface area contributed by atoms with Crippen LogP contribution in [0.2, 0.25) is 0 Å². The fourth-order valence-electron chi connectivity index (χ4n) is 15.2. The number of hydrogen-bond acceptors (Lipinski definition) is 8. The van der Waals surface area contributed by atoms with Gasteiger partial charge in [-0.2, -0.15) is 8.75 Å². The summed E-state index contributed by atoms with van der Waals surface area (Å²) in [5, 5.41) is 0. The Morgan fingerprint density at radius 1 is 0.283 bits per heavy atom. The molecule has 2 aliphatic carbocycles. The van der Waals surface area contributed by atoms with Crippen LogP contribution in [0.1, 0.15) is 207 Å². The van der Waals surface area contributed by atoms with Gasteiger partial charge in [-0.15, -0.1) is 56.7 Å². The summed E-state index contributed by atoms with van der Waals surface area (Å²) in [4.78, 5) is 13.2. The second kappa shape index (κ2) is 27.9. The topological polar surface area (TPSA) is 25.8 Å². The maximum atomic E-state index is 5.04. The maximum absolute atomic E-state index is 5.04. The molecule has 0 saturated heterocycles. The van der Waals surface area contributed by atoms with E-state index >= 15 is 0 Å². The van der Waals surface area contributed by atoms with Crippen LogP contribution in [0.15, 0.2) is 170 Å². The maximum Gasteiger partial charge on any atom is 0.114 e. The molecule has 0 amide bonds. The number of fused-ring (bicyclic) bond motifs is 7. The van der Waals surface area contributed by atoms with Crippen LogP contribution in [0, 0.1) is 13.8 Å². The van der Waals surface area contributed by atoms with Crippen molar-refractivity contribution in [2.45, 2.75) is 181 Å². The third kappa shape index (κ3) is 11.8. The Kier molecular flexibility index (Phi) is 19.1. The van der Waals surface area contributed by atoms with E-state index in [9.17, 15) is 0 Å². The number of aromatic nitrogens is 2. The average Bonchev–Trinajstić information content (AvgIpc) is 1.50. The van der Waals surface area contributed by atoms with Crippen molar-refractivity contribution in [3.63, 3.8) is 0 Å². The van der Waals surface area contributed by atoms with Crippen LogP contribution in [-0.2, 0) is 36.5 Å². The first-order valence-corrected chi connectivity index (χ1v) is 39.4. The fourth-order valence-corrected chi connectivity index (χ4v) is 21.2. The van der Waals surface area contributed by atoms with Crippen molar-refractivity contribution in [3.05, 3.63) is 246 Å². The van der Waals surface area contributed by atoms with Crippen molar-refractivity contribution in [1.82, 2.24) is 8.75 Å². The smallest absolute Gasteiger partial charge is 0.114 e. The highest BCUT2D eigenvalue weighted by Crippen LogP contribution is 2.66. The van der Waals surface area contributed by atoms with Crippen LogP contribution in [-0.4, -0.2) is 8.75 Å². The van der Waals surface area contributed by atoms with Gasteiger partial charge in [-0.05, 0) is 204 Å². The standard InChI is InChI=1S/C84H86N2S6/c1-7-11-15-19-23-57-28-36-61(37-29-57)83(62-38-30-58(31-39-62)24-20-16-12-8-2)69-53-68-70(52-67(69)81-71(83)51-56(6)88-81)84(63-40-32-59(33-41-63)25-21-17-13-9-3,64-42-34-60(35-43-64)26-22-18-14-10-4)72-54-78(91-82(68)72)77-50-48-74(90-77)66-45-44-65(79-80(66)86-92-85-79)73-47-49-76(89-73)75-46-27-55(5)87-75/h27-54H,7-26H2,1-6H3. The zero-order chi connectivity index (χ0) is 62.8. The molecular formula is C84H86N2S6. The molecule has 0 saturated carbocycles. The van der Waals surface area contributed by atoms with E-state index in [4.69, 9.17) is 8.75 Å². The molecule has 6 heterocycles.